The van der Waals surface area contributed by atoms with Crippen molar-refractivity contribution in [1.82, 2.24) is 0 Å². The summed E-state index contributed by atoms with van der Waals surface area (Å²) in [5, 5.41) is 10.8. The van der Waals surface area contributed by atoms with Crippen molar-refractivity contribution in [2.45, 2.75) is 13.3 Å². The fourth-order valence-corrected chi connectivity index (χ4v) is 2.53. The summed E-state index contributed by atoms with van der Waals surface area (Å²) >= 11 is 1.42. The van der Waals surface area contributed by atoms with E-state index in [1.165, 1.54) is 16.9 Å². The van der Waals surface area contributed by atoms with Gasteiger partial charge in [-0.1, -0.05) is 18.3 Å². The number of aromatic hydroxyl groups is 1. The van der Waals surface area contributed by atoms with Crippen LogP contribution in [0.4, 0.5) is 0 Å². The number of hydrogen-bond donors (Lipinski definition) is 1. The molecule has 0 saturated heterocycles. The summed E-state index contributed by atoms with van der Waals surface area (Å²) in [5.41, 5.74) is 1.23. The summed E-state index contributed by atoms with van der Waals surface area (Å²) in [6, 6.07) is 5.75. The van der Waals surface area contributed by atoms with E-state index in [4.69, 9.17) is 4.74 Å². The number of ether oxygens (including phenoxy) is 1. The number of thiophene rings is 1. The highest BCUT2D eigenvalue weighted by Crippen LogP contribution is 2.36. The van der Waals surface area contributed by atoms with Crippen LogP contribution in [-0.4, -0.2) is 12.2 Å². The number of rotatable bonds is 2. The topological polar surface area (TPSA) is 29.5 Å². The van der Waals surface area contributed by atoms with Crippen LogP contribution < -0.4 is 4.74 Å². The monoisotopic (exact) mass is 208 g/mol. The van der Waals surface area contributed by atoms with E-state index in [1.807, 2.05) is 12.1 Å². The molecule has 2 nitrogen and oxygen atoms in total. The van der Waals surface area contributed by atoms with Crippen molar-refractivity contribution >= 4 is 21.4 Å². The Labute approximate surface area is 86.8 Å². The summed E-state index contributed by atoms with van der Waals surface area (Å²) < 4.78 is 6.36. The van der Waals surface area contributed by atoms with Gasteiger partial charge in [-0.2, -0.15) is 0 Å². The summed E-state index contributed by atoms with van der Waals surface area (Å²) in [6.45, 7) is 2.10. The molecule has 1 aromatic carbocycles. The second kappa shape index (κ2) is 3.50. The van der Waals surface area contributed by atoms with E-state index in [2.05, 4.69) is 6.92 Å². The lowest BCUT2D eigenvalue weighted by Gasteiger charge is -2.03. The van der Waals surface area contributed by atoms with E-state index in [0.29, 0.717) is 5.06 Å². The van der Waals surface area contributed by atoms with Gasteiger partial charge in [0.05, 0.1) is 7.11 Å². The fourth-order valence-electron chi connectivity index (χ4n) is 1.56. The Hall–Kier alpha value is -1.22. The predicted molar refractivity (Wildman–Crippen MR) is 59.4 cm³/mol. The molecule has 1 N–H and O–H groups in total. The molecule has 0 aliphatic carbocycles. The average molecular weight is 208 g/mol. The predicted octanol–water partition coefficient (Wildman–Crippen LogP) is 3.18. The minimum atomic E-state index is 0.364. The van der Waals surface area contributed by atoms with Gasteiger partial charge in [-0.25, -0.2) is 0 Å². The Morgan fingerprint density at radius 1 is 1.36 bits per heavy atom. The summed E-state index contributed by atoms with van der Waals surface area (Å²) in [6.07, 6.45) is 0.952. The van der Waals surface area contributed by atoms with Gasteiger partial charge in [-0.15, -0.1) is 0 Å². The van der Waals surface area contributed by atoms with E-state index in [0.717, 1.165) is 22.3 Å². The third-order valence-electron chi connectivity index (χ3n) is 2.27. The SMILES string of the molecule is CCc1cc(OC)cc2cc(O)sc12. The number of fused-ring (bicyclic) bond motifs is 1. The molecule has 0 saturated carbocycles. The molecule has 0 aliphatic heterocycles. The molecule has 0 spiro atoms. The molecule has 0 radical (unpaired) electrons. The Balaban J connectivity index is 2.72. The molecule has 1 aromatic heterocycles. The fraction of sp³-hybridized carbons (Fsp3) is 0.273. The number of methoxy groups -OCH3 is 1. The Morgan fingerprint density at radius 2 is 2.14 bits per heavy atom. The molecular formula is C11H12O2S. The Kier molecular flexibility index (Phi) is 2.33. The lowest BCUT2D eigenvalue weighted by Crippen LogP contribution is -1.85. The molecule has 2 aromatic rings. The molecule has 3 heteroatoms. The third kappa shape index (κ3) is 1.44. The average Bonchev–Trinajstić information content (AvgIpc) is 2.56. The zero-order chi connectivity index (χ0) is 10.1. The third-order valence-corrected chi connectivity index (χ3v) is 3.30. The molecule has 0 unspecified atom stereocenters. The molecule has 0 fully saturated rings. The minimum Gasteiger partial charge on any atom is -0.499 e. The molecule has 0 amide bonds. The normalized spacial score (nSPS) is 10.7. The lowest BCUT2D eigenvalue weighted by atomic mass is 10.1. The quantitative estimate of drug-likeness (QED) is 0.821. The maximum absolute atomic E-state index is 9.42. The van der Waals surface area contributed by atoms with Crippen molar-refractivity contribution in [3.63, 3.8) is 0 Å². The van der Waals surface area contributed by atoms with Crippen LogP contribution in [0.3, 0.4) is 0 Å². The summed E-state index contributed by atoms with van der Waals surface area (Å²) in [7, 11) is 1.66. The first-order chi connectivity index (χ1) is 6.74. The van der Waals surface area contributed by atoms with Gasteiger partial charge in [0.25, 0.3) is 0 Å². The number of benzene rings is 1. The Morgan fingerprint density at radius 3 is 2.79 bits per heavy atom. The van der Waals surface area contributed by atoms with Gasteiger partial charge in [-0.05, 0) is 30.2 Å². The Bertz CT molecular complexity index is 460. The highest BCUT2D eigenvalue weighted by molar-refractivity contribution is 7.20. The molecular weight excluding hydrogens is 196 g/mol. The highest BCUT2D eigenvalue weighted by Gasteiger charge is 2.07. The maximum atomic E-state index is 9.42. The first kappa shape index (κ1) is 9.34. The van der Waals surface area contributed by atoms with E-state index < -0.39 is 0 Å². The van der Waals surface area contributed by atoms with Crippen molar-refractivity contribution in [1.29, 1.82) is 0 Å². The number of aryl methyl sites for hydroxylation is 1. The van der Waals surface area contributed by atoms with Gasteiger partial charge in [0.15, 0.2) is 5.06 Å². The second-order valence-electron chi connectivity index (χ2n) is 3.14. The lowest BCUT2D eigenvalue weighted by molar-refractivity contribution is 0.415. The van der Waals surface area contributed by atoms with E-state index in [1.54, 1.807) is 13.2 Å². The van der Waals surface area contributed by atoms with Crippen LogP contribution in [-0.2, 0) is 6.42 Å². The van der Waals surface area contributed by atoms with Gasteiger partial charge in [0.1, 0.15) is 5.75 Å². The molecule has 1 heterocycles. The van der Waals surface area contributed by atoms with Gasteiger partial charge in [0.2, 0.25) is 0 Å². The molecule has 2 rings (SSSR count). The van der Waals surface area contributed by atoms with E-state index in [-0.39, 0.29) is 0 Å². The van der Waals surface area contributed by atoms with Crippen LogP contribution in [0.15, 0.2) is 18.2 Å². The standard InChI is InChI=1S/C11H12O2S/c1-3-7-4-9(13-2)5-8-6-10(12)14-11(7)8/h4-6,12H,3H2,1-2H3. The largest absolute Gasteiger partial charge is 0.499 e. The van der Waals surface area contributed by atoms with E-state index in [9.17, 15) is 5.11 Å². The second-order valence-corrected chi connectivity index (χ2v) is 4.17. The van der Waals surface area contributed by atoms with Crippen molar-refractivity contribution < 1.29 is 9.84 Å². The summed E-state index contributed by atoms with van der Waals surface area (Å²) in [4.78, 5) is 0. The first-order valence-corrected chi connectivity index (χ1v) is 5.35. The van der Waals surface area contributed by atoms with Crippen molar-refractivity contribution in [2.75, 3.05) is 7.11 Å². The van der Waals surface area contributed by atoms with Crippen molar-refractivity contribution in [3.8, 4) is 10.8 Å². The first-order valence-electron chi connectivity index (χ1n) is 4.54. The van der Waals surface area contributed by atoms with Crippen LogP contribution in [0.5, 0.6) is 10.8 Å². The van der Waals surface area contributed by atoms with E-state index >= 15 is 0 Å². The van der Waals surface area contributed by atoms with Crippen LogP contribution in [0.2, 0.25) is 0 Å². The smallest absolute Gasteiger partial charge is 0.172 e. The van der Waals surface area contributed by atoms with Crippen molar-refractivity contribution in [3.05, 3.63) is 23.8 Å². The van der Waals surface area contributed by atoms with Gasteiger partial charge < -0.3 is 9.84 Å². The van der Waals surface area contributed by atoms with Gasteiger partial charge >= 0.3 is 0 Å². The van der Waals surface area contributed by atoms with Crippen LogP contribution >= 0.6 is 11.3 Å². The molecule has 0 bridgehead atoms. The van der Waals surface area contributed by atoms with Crippen LogP contribution in [0.1, 0.15) is 12.5 Å². The van der Waals surface area contributed by atoms with Gasteiger partial charge in [0, 0.05) is 10.1 Å². The molecule has 0 aliphatic rings. The number of hydrogen-bond acceptors (Lipinski definition) is 3. The maximum Gasteiger partial charge on any atom is 0.172 e. The van der Waals surface area contributed by atoms with Gasteiger partial charge in [-0.3, -0.25) is 0 Å². The zero-order valence-electron chi connectivity index (χ0n) is 8.20. The zero-order valence-corrected chi connectivity index (χ0v) is 9.02. The summed E-state index contributed by atoms with van der Waals surface area (Å²) in [5.74, 6) is 0.854. The van der Waals surface area contributed by atoms with Crippen LogP contribution in [0, 0.1) is 0 Å². The highest BCUT2D eigenvalue weighted by atomic mass is 32.1. The van der Waals surface area contributed by atoms with Crippen molar-refractivity contribution in [2.24, 2.45) is 0 Å². The van der Waals surface area contributed by atoms with Crippen LogP contribution in [0.25, 0.3) is 10.1 Å². The minimum absolute atomic E-state index is 0.364. The molecule has 14 heavy (non-hydrogen) atoms. The molecule has 74 valence electrons. The molecule has 0 atom stereocenters.